The van der Waals surface area contributed by atoms with Gasteiger partial charge in [-0.1, -0.05) is 6.07 Å². The number of carbonyl (C=O) groups is 2. The Balaban J connectivity index is 1.61. The Kier molecular flexibility index (Phi) is 5.93. The number of pyridine rings is 1. The molecule has 2 amide bonds. The van der Waals surface area contributed by atoms with E-state index in [-0.39, 0.29) is 17.7 Å². The minimum Gasteiger partial charge on any atom is -0.381 e. The first-order valence-corrected chi connectivity index (χ1v) is 8.59. The van der Waals surface area contributed by atoms with Gasteiger partial charge in [-0.2, -0.15) is 0 Å². The highest BCUT2D eigenvalue weighted by atomic mass is 16.5. The van der Waals surface area contributed by atoms with Crippen LogP contribution in [0.5, 0.6) is 0 Å². The number of ether oxygens (including phenoxy) is 1. The number of nitrogens with two attached hydrogens (primary N) is 1. The van der Waals surface area contributed by atoms with Gasteiger partial charge in [0.25, 0.3) is 5.91 Å². The number of nitrogens with one attached hydrogen (secondary N) is 2. The van der Waals surface area contributed by atoms with Gasteiger partial charge in [0.05, 0.1) is 6.04 Å². The summed E-state index contributed by atoms with van der Waals surface area (Å²) < 4.78 is 5.31. The Morgan fingerprint density at radius 1 is 1.08 bits per heavy atom. The van der Waals surface area contributed by atoms with Crippen molar-refractivity contribution in [1.82, 2.24) is 4.98 Å². The molecule has 1 aromatic heterocycles. The Morgan fingerprint density at radius 2 is 1.73 bits per heavy atom. The third kappa shape index (κ3) is 4.65. The van der Waals surface area contributed by atoms with E-state index in [1.165, 1.54) is 0 Å². The van der Waals surface area contributed by atoms with Crippen molar-refractivity contribution in [2.24, 2.45) is 11.7 Å². The summed E-state index contributed by atoms with van der Waals surface area (Å²) in [5.41, 5.74) is 7.78. The van der Waals surface area contributed by atoms with Crippen LogP contribution in [0.1, 0.15) is 23.2 Å². The summed E-state index contributed by atoms with van der Waals surface area (Å²) in [6.07, 6.45) is 4.69. The van der Waals surface area contributed by atoms with Crippen LogP contribution >= 0.6 is 0 Å². The number of anilines is 2. The summed E-state index contributed by atoms with van der Waals surface area (Å²) in [7, 11) is 0. The van der Waals surface area contributed by atoms with Crippen LogP contribution in [0.25, 0.3) is 0 Å². The van der Waals surface area contributed by atoms with Crippen LogP contribution in [0.4, 0.5) is 11.4 Å². The standard InChI is InChI=1S/C19H22N4O3/c20-17(13-6-10-26-11-7-13)19(25)23-16-3-1-2-15(12-16)22-18(24)14-4-8-21-9-5-14/h1-5,8-9,12-13,17H,6-7,10-11,20H2,(H,22,24)(H,23,25). The van der Waals surface area contributed by atoms with Crippen molar-refractivity contribution in [2.45, 2.75) is 18.9 Å². The maximum atomic E-state index is 12.4. The molecule has 0 bridgehead atoms. The van der Waals surface area contributed by atoms with E-state index < -0.39 is 6.04 Å². The number of hydrogen-bond acceptors (Lipinski definition) is 5. The Labute approximate surface area is 151 Å². The van der Waals surface area contributed by atoms with Crippen molar-refractivity contribution in [3.63, 3.8) is 0 Å². The lowest BCUT2D eigenvalue weighted by Crippen LogP contribution is -2.44. The van der Waals surface area contributed by atoms with Crippen molar-refractivity contribution in [3.05, 3.63) is 54.4 Å². The zero-order chi connectivity index (χ0) is 18.4. The van der Waals surface area contributed by atoms with Gasteiger partial charge in [0.1, 0.15) is 0 Å². The number of nitrogens with zero attached hydrogens (tertiary/aromatic N) is 1. The summed E-state index contributed by atoms with van der Waals surface area (Å²) in [6, 6.07) is 9.67. The van der Waals surface area contributed by atoms with Crippen LogP contribution in [0, 0.1) is 5.92 Å². The van der Waals surface area contributed by atoms with E-state index in [4.69, 9.17) is 10.5 Å². The van der Waals surface area contributed by atoms with E-state index in [0.29, 0.717) is 30.2 Å². The topological polar surface area (TPSA) is 106 Å². The van der Waals surface area contributed by atoms with Gasteiger partial charge in [-0.05, 0) is 49.1 Å². The van der Waals surface area contributed by atoms with Crippen LogP contribution in [-0.4, -0.2) is 36.1 Å². The predicted octanol–water partition coefficient (Wildman–Crippen LogP) is 2.03. The normalized spacial score (nSPS) is 15.9. The molecular weight excluding hydrogens is 332 g/mol. The summed E-state index contributed by atoms with van der Waals surface area (Å²) in [6.45, 7) is 1.28. The summed E-state index contributed by atoms with van der Waals surface area (Å²) >= 11 is 0. The van der Waals surface area contributed by atoms with Crippen LogP contribution in [0.15, 0.2) is 48.8 Å². The molecule has 7 heteroatoms. The fourth-order valence-electron chi connectivity index (χ4n) is 2.90. The van der Waals surface area contributed by atoms with Crippen LogP contribution in [0.2, 0.25) is 0 Å². The molecule has 4 N–H and O–H groups in total. The molecule has 1 saturated heterocycles. The van der Waals surface area contributed by atoms with Gasteiger partial charge in [-0.3, -0.25) is 14.6 Å². The highest BCUT2D eigenvalue weighted by molar-refractivity contribution is 6.04. The molecule has 0 radical (unpaired) electrons. The van der Waals surface area contributed by atoms with E-state index >= 15 is 0 Å². The number of amides is 2. The molecule has 1 atom stereocenters. The maximum Gasteiger partial charge on any atom is 0.255 e. The fourth-order valence-corrected chi connectivity index (χ4v) is 2.90. The second-order valence-corrected chi connectivity index (χ2v) is 6.24. The Hall–Kier alpha value is -2.77. The number of carbonyl (C=O) groups excluding carboxylic acids is 2. The summed E-state index contributed by atoms with van der Waals surface area (Å²) in [4.78, 5) is 28.5. The molecule has 2 heterocycles. The average molecular weight is 354 g/mol. The summed E-state index contributed by atoms with van der Waals surface area (Å²) in [5, 5.41) is 5.62. The lowest BCUT2D eigenvalue weighted by molar-refractivity contribution is -0.119. The molecule has 0 aliphatic carbocycles. The molecule has 0 spiro atoms. The van der Waals surface area contributed by atoms with E-state index in [1.807, 2.05) is 0 Å². The van der Waals surface area contributed by atoms with Gasteiger partial charge in [-0.25, -0.2) is 0 Å². The number of hydrogen-bond donors (Lipinski definition) is 3. The molecule has 7 nitrogen and oxygen atoms in total. The number of aromatic nitrogens is 1. The molecule has 3 rings (SSSR count). The van der Waals surface area contributed by atoms with Crippen LogP contribution < -0.4 is 16.4 Å². The zero-order valence-corrected chi connectivity index (χ0v) is 14.4. The van der Waals surface area contributed by atoms with E-state index in [9.17, 15) is 9.59 Å². The molecular formula is C19H22N4O3. The molecule has 0 saturated carbocycles. The van der Waals surface area contributed by atoms with E-state index in [2.05, 4.69) is 15.6 Å². The van der Waals surface area contributed by atoms with Crippen molar-refractivity contribution < 1.29 is 14.3 Å². The van der Waals surface area contributed by atoms with Gasteiger partial charge >= 0.3 is 0 Å². The van der Waals surface area contributed by atoms with E-state index in [0.717, 1.165) is 12.8 Å². The zero-order valence-electron chi connectivity index (χ0n) is 14.4. The fraction of sp³-hybridized carbons (Fsp3) is 0.316. The van der Waals surface area contributed by atoms with Crippen molar-refractivity contribution >= 4 is 23.2 Å². The van der Waals surface area contributed by atoms with Gasteiger partial charge in [0.15, 0.2) is 0 Å². The van der Waals surface area contributed by atoms with E-state index in [1.54, 1.807) is 48.8 Å². The maximum absolute atomic E-state index is 12.4. The lowest BCUT2D eigenvalue weighted by Gasteiger charge is -2.26. The predicted molar refractivity (Wildman–Crippen MR) is 98.8 cm³/mol. The third-order valence-electron chi connectivity index (χ3n) is 4.41. The third-order valence-corrected chi connectivity index (χ3v) is 4.41. The summed E-state index contributed by atoms with van der Waals surface area (Å²) in [5.74, 6) is -0.345. The quantitative estimate of drug-likeness (QED) is 0.762. The lowest BCUT2D eigenvalue weighted by atomic mass is 9.92. The first-order chi connectivity index (χ1) is 12.6. The van der Waals surface area contributed by atoms with Gasteiger partial charge in [0.2, 0.25) is 5.91 Å². The number of benzene rings is 1. The first kappa shape index (κ1) is 18.0. The molecule has 1 aliphatic heterocycles. The molecule has 136 valence electrons. The molecule has 1 unspecified atom stereocenters. The monoisotopic (exact) mass is 354 g/mol. The van der Waals surface area contributed by atoms with Crippen molar-refractivity contribution in [2.75, 3.05) is 23.8 Å². The minimum atomic E-state index is -0.575. The Bertz CT molecular complexity index is 760. The average Bonchev–Trinajstić information content (AvgIpc) is 2.69. The van der Waals surface area contributed by atoms with Crippen LogP contribution in [-0.2, 0) is 9.53 Å². The highest BCUT2D eigenvalue weighted by Crippen LogP contribution is 2.20. The van der Waals surface area contributed by atoms with Gasteiger partial charge < -0.3 is 21.1 Å². The molecule has 2 aromatic rings. The number of rotatable bonds is 5. The van der Waals surface area contributed by atoms with Gasteiger partial charge in [-0.15, -0.1) is 0 Å². The van der Waals surface area contributed by atoms with Crippen molar-refractivity contribution in [1.29, 1.82) is 0 Å². The first-order valence-electron chi connectivity index (χ1n) is 8.59. The van der Waals surface area contributed by atoms with Crippen molar-refractivity contribution in [3.8, 4) is 0 Å². The van der Waals surface area contributed by atoms with Gasteiger partial charge in [0, 0.05) is 42.5 Å². The minimum absolute atomic E-state index is 0.123. The molecule has 1 aromatic carbocycles. The second kappa shape index (κ2) is 8.55. The molecule has 1 aliphatic rings. The largest absolute Gasteiger partial charge is 0.381 e. The molecule has 1 fully saturated rings. The second-order valence-electron chi connectivity index (χ2n) is 6.24. The Morgan fingerprint density at radius 3 is 2.42 bits per heavy atom. The highest BCUT2D eigenvalue weighted by Gasteiger charge is 2.26. The molecule has 26 heavy (non-hydrogen) atoms. The SMILES string of the molecule is NC(C(=O)Nc1cccc(NC(=O)c2ccncc2)c1)C1CCOCC1. The smallest absolute Gasteiger partial charge is 0.255 e. The van der Waals surface area contributed by atoms with Crippen LogP contribution in [0.3, 0.4) is 0 Å².